The Morgan fingerprint density at radius 3 is 2.27 bits per heavy atom. The van der Waals surface area contributed by atoms with Gasteiger partial charge in [0.15, 0.2) is 0 Å². The summed E-state index contributed by atoms with van der Waals surface area (Å²) < 4.78 is 16.5. The maximum absolute atomic E-state index is 14.1. The number of rotatable bonds is 14. The average molecular weight is 699 g/mol. The molecule has 2 aliphatic carbocycles. The standard InChI is InChI=1S/C37H51ClN4O7/c1-37(2,3)49-36(46)42(4)23-31(18-24-10-7-6-8-11-24)41-34(44)28-20-26(19-27(21-28)33(43)40-30-14-15-30)32(25-12-9-13-29(38)22-25)48-17-16-39-35(45)47-5/h9,12-13,19-22,24,30-32H,6-8,10-11,14-18,23H2,1-5H3,(H,39,45)(H,40,43)(H,41,44). The van der Waals surface area contributed by atoms with Crippen molar-refractivity contribution in [3.05, 3.63) is 69.7 Å². The number of likely N-dealkylation sites (N-methyl/N-ethyl adjacent to an activating group) is 1. The highest BCUT2D eigenvalue weighted by atomic mass is 35.5. The molecule has 11 nitrogen and oxygen atoms in total. The molecule has 12 heteroatoms. The van der Waals surface area contributed by atoms with Gasteiger partial charge in [0.25, 0.3) is 11.8 Å². The first-order valence-corrected chi connectivity index (χ1v) is 17.6. The fourth-order valence-corrected chi connectivity index (χ4v) is 6.23. The molecule has 2 saturated carbocycles. The van der Waals surface area contributed by atoms with Crippen LogP contribution >= 0.6 is 11.6 Å². The van der Waals surface area contributed by atoms with Crippen LogP contribution in [0.4, 0.5) is 9.59 Å². The molecule has 3 N–H and O–H groups in total. The molecule has 0 aromatic heterocycles. The van der Waals surface area contributed by atoms with Crippen LogP contribution in [0.2, 0.25) is 5.02 Å². The molecule has 49 heavy (non-hydrogen) atoms. The fourth-order valence-electron chi connectivity index (χ4n) is 6.04. The summed E-state index contributed by atoms with van der Waals surface area (Å²) in [4.78, 5) is 53.5. The first-order chi connectivity index (χ1) is 23.3. The number of ether oxygens (including phenoxy) is 3. The number of methoxy groups -OCH3 is 1. The number of benzene rings is 2. The Morgan fingerprint density at radius 2 is 1.63 bits per heavy atom. The van der Waals surface area contributed by atoms with E-state index in [-0.39, 0.29) is 49.2 Å². The van der Waals surface area contributed by atoms with Crippen LogP contribution in [0.3, 0.4) is 0 Å². The summed E-state index contributed by atoms with van der Waals surface area (Å²) in [5.74, 6) is -0.214. The third-order valence-electron chi connectivity index (χ3n) is 8.57. The number of amides is 4. The predicted molar refractivity (Wildman–Crippen MR) is 188 cm³/mol. The summed E-state index contributed by atoms with van der Waals surface area (Å²) in [7, 11) is 2.96. The lowest BCUT2D eigenvalue weighted by atomic mass is 9.84. The molecule has 2 unspecified atom stereocenters. The van der Waals surface area contributed by atoms with Gasteiger partial charge >= 0.3 is 12.2 Å². The van der Waals surface area contributed by atoms with Crippen LogP contribution in [0.5, 0.6) is 0 Å². The van der Waals surface area contributed by atoms with Crippen LogP contribution in [0.1, 0.15) is 110 Å². The molecule has 4 amide bonds. The summed E-state index contributed by atoms with van der Waals surface area (Å²) in [6.07, 6.45) is 6.44. The second-order valence-electron chi connectivity index (χ2n) is 14.1. The Morgan fingerprint density at radius 1 is 0.939 bits per heavy atom. The van der Waals surface area contributed by atoms with Crippen LogP contribution in [0.15, 0.2) is 42.5 Å². The number of halogens is 1. The van der Waals surface area contributed by atoms with Crippen LogP contribution in [0.25, 0.3) is 0 Å². The lowest BCUT2D eigenvalue weighted by molar-refractivity contribution is 0.0274. The summed E-state index contributed by atoms with van der Waals surface area (Å²) in [6.45, 7) is 6.02. The third kappa shape index (κ3) is 12.5. The average Bonchev–Trinajstić information content (AvgIpc) is 3.88. The molecule has 2 atom stereocenters. The summed E-state index contributed by atoms with van der Waals surface area (Å²) in [5.41, 5.74) is 1.25. The van der Waals surface area contributed by atoms with Crippen molar-refractivity contribution >= 4 is 35.6 Å². The van der Waals surface area contributed by atoms with Crippen molar-refractivity contribution in [2.45, 2.75) is 95.9 Å². The quantitative estimate of drug-likeness (QED) is 0.189. The number of hydrogen-bond acceptors (Lipinski definition) is 7. The maximum atomic E-state index is 14.1. The Hall–Kier alpha value is -3.83. The summed E-state index contributed by atoms with van der Waals surface area (Å²) in [6, 6.07) is 12.0. The van der Waals surface area contributed by atoms with E-state index >= 15 is 0 Å². The van der Waals surface area contributed by atoms with E-state index in [1.165, 1.54) is 18.4 Å². The van der Waals surface area contributed by atoms with Gasteiger partial charge in [-0.1, -0.05) is 55.8 Å². The van der Waals surface area contributed by atoms with Crippen molar-refractivity contribution in [1.82, 2.24) is 20.9 Å². The highest BCUT2D eigenvalue weighted by molar-refractivity contribution is 6.30. The Labute approximate surface area is 294 Å². The number of alkyl carbamates (subject to hydrolysis) is 1. The molecule has 2 aromatic carbocycles. The zero-order valence-electron chi connectivity index (χ0n) is 29.3. The minimum absolute atomic E-state index is 0.112. The molecule has 2 aliphatic rings. The monoisotopic (exact) mass is 698 g/mol. The maximum Gasteiger partial charge on any atom is 0.410 e. The number of carbonyl (C=O) groups is 4. The number of carbonyl (C=O) groups excluding carboxylic acids is 4. The lowest BCUT2D eigenvalue weighted by Gasteiger charge is -2.31. The van der Waals surface area contributed by atoms with Gasteiger partial charge in [-0.3, -0.25) is 9.59 Å². The van der Waals surface area contributed by atoms with E-state index < -0.39 is 23.9 Å². The van der Waals surface area contributed by atoms with E-state index in [1.807, 2.05) is 26.8 Å². The third-order valence-corrected chi connectivity index (χ3v) is 8.80. The van der Waals surface area contributed by atoms with Crippen molar-refractivity contribution in [3.8, 4) is 0 Å². The van der Waals surface area contributed by atoms with Crippen LogP contribution in [0, 0.1) is 5.92 Å². The van der Waals surface area contributed by atoms with Gasteiger partial charge in [0.2, 0.25) is 0 Å². The van der Waals surface area contributed by atoms with Gasteiger partial charge in [-0.25, -0.2) is 9.59 Å². The van der Waals surface area contributed by atoms with Crippen molar-refractivity contribution < 1.29 is 33.4 Å². The molecule has 0 saturated heterocycles. The minimum atomic E-state index is -0.713. The highest BCUT2D eigenvalue weighted by Crippen LogP contribution is 2.31. The van der Waals surface area contributed by atoms with E-state index in [2.05, 4.69) is 20.7 Å². The Balaban J connectivity index is 1.64. The highest BCUT2D eigenvalue weighted by Gasteiger charge is 2.29. The number of nitrogens with one attached hydrogen (secondary N) is 3. The van der Waals surface area contributed by atoms with Crippen molar-refractivity contribution in [2.75, 3.05) is 33.9 Å². The van der Waals surface area contributed by atoms with Gasteiger partial charge in [0.05, 0.1) is 13.7 Å². The van der Waals surface area contributed by atoms with E-state index in [1.54, 1.807) is 43.4 Å². The normalized spacial score (nSPS) is 16.2. The molecule has 0 bridgehead atoms. The van der Waals surface area contributed by atoms with Crippen molar-refractivity contribution in [3.63, 3.8) is 0 Å². The number of hydrogen-bond donors (Lipinski definition) is 3. The van der Waals surface area contributed by atoms with Gasteiger partial charge in [0, 0.05) is 48.4 Å². The smallest absolute Gasteiger partial charge is 0.410 e. The number of nitrogens with zero attached hydrogens (tertiary/aromatic N) is 1. The zero-order chi connectivity index (χ0) is 35.6. The molecule has 4 rings (SSSR count). The van der Waals surface area contributed by atoms with Gasteiger partial charge in [-0.2, -0.15) is 0 Å². The molecule has 0 aliphatic heterocycles. The van der Waals surface area contributed by atoms with Gasteiger partial charge in [-0.15, -0.1) is 0 Å². The molecular weight excluding hydrogens is 648 g/mol. The first kappa shape index (κ1) is 38.0. The Kier molecular flexibility index (Phi) is 13.7. The van der Waals surface area contributed by atoms with E-state index in [0.717, 1.165) is 44.9 Å². The van der Waals surface area contributed by atoms with E-state index in [0.29, 0.717) is 27.6 Å². The largest absolute Gasteiger partial charge is 0.453 e. The van der Waals surface area contributed by atoms with Crippen LogP contribution < -0.4 is 16.0 Å². The van der Waals surface area contributed by atoms with E-state index in [9.17, 15) is 19.2 Å². The molecule has 268 valence electrons. The summed E-state index contributed by atoms with van der Waals surface area (Å²) >= 11 is 6.37. The van der Waals surface area contributed by atoms with Crippen LogP contribution in [-0.4, -0.2) is 80.4 Å². The molecule has 2 fully saturated rings. The topological polar surface area (TPSA) is 135 Å². The lowest BCUT2D eigenvalue weighted by Crippen LogP contribution is -2.46. The minimum Gasteiger partial charge on any atom is -0.453 e. The molecular formula is C37H51ClN4O7. The van der Waals surface area contributed by atoms with Gasteiger partial charge in [-0.05, 0) is 87.4 Å². The SMILES string of the molecule is COC(=O)NCCOC(c1cccc(Cl)c1)c1cc(C(=O)NC2CC2)cc(C(=O)NC(CC2CCCCC2)CN(C)C(=O)OC(C)(C)C)c1. The second-order valence-corrected chi connectivity index (χ2v) is 14.5. The molecule has 0 radical (unpaired) electrons. The first-order valence-electron chi connectivity index (χ1n) is 17.2. The van der Waals surface area contributed by atoms with Crippen molar-refractivity contribution in [1.29, 1.82) is 0 Å². The van der Waals surface area contributed by atoms with Gasteiger partial charge in [0.1, 0.15) is 11.7 Å². The van der Waals surface area contributed by atoms with E-state index in [4.69, 9.17) is 21.1 Å². The zero-order valence-corrected chi connectivity index (χ0v) is 30.1. The molecule has 2 aromatic rings. The fraction of sp³-hybridized carbons (Fsp3) is 0.568. The molecule has 0 spiro atoms. The molecule has 0 heterocycles. The predicted octanol–water partition coefficient (Wildman–Crippen LogP) is 6.63. The van der Waals surface area contributed by atoms with Crippen molar-refractivity contribution in [2.24, 2.45) is 5.92 Å². The van der Waals surface area contributed by atoms with Gasteiger partial charge < -0.3 is 35.1 Å². The summed E-state index contributed by atoms with van der Waals surface area (Å²) in [5, 5.41) is 9.32. The Bertz CT molecular complexity index is 1450. The second kappa shape index (κ2) is 17.7. The van der Waals surface area contributed by atoms with Crippen LogP contribution in [-0.2, 0) is 14.2 Å².